The molecule has 2 aromatic rings. The Labute approximate surface area is 161 Å². The summed E-state index contributed by atoms with van der Waals surface area (Å²) in [7, 11) is 3.06. The van der Waals surface area contributed by atoms with Gasteiger partial charge < -0.3 is 25.1 Å². The maximum absolute atomic E-state index is 12.5. The number of hydrogen-bond donors (Lipinski definition) is 2. The highest BCUT2D eigenvalue weighted by Gasteiger charge is 2.24. The zero-order valence-corrected chi connectivity index (χ0v) is 17.2. The molecule has 3 rings (SSSR count). The number of nitrogens with zero attached hydrogens (tertiary/aromatic N) is 2. The summed E-state index contributed by atoms with van der Waals surface area (Å²) in [6, 6.07) is 3.52. The van der Waals surface area contributed by atoms with Gasteiger partial charge in [0.15, 0.2) is 11.5 Å². The monoisotopic (exact) mass is 376 g/mol. The summed E-state index contributed by atoms with van der Waals surface area (Å²) < 4.78 is 12.5. The minimum Gasteiger partial charge on any atom is -0.493 e. The average Bonchev–Trinajstić information content (AvgIpc) is 3.46. The summed E-state index contributed by atoms with van der Waals surface area (Å²) >= 11 is 0. The van der Waals surface area contributed by atoms with Crippen LogP contribution in [-0.2, 0) is 0 Å². The number of ether oxygens (including phenoxy) is 2. The van der Waals surface area contributed by atoms with Crippen LogP contribution in [0.2, 0.25) is 0 Å². The van der Waals surface area contributed by atoms with Crippen molar-refractivity contribution in [2.75, 3.05) is 26.5 Å². The Morgan fingerprint density at radius 3 is 2.37 bits per heavy atom. The third kappa shape index (κ3) is 5.91. The van der Waals surface area contributed by atoms with Gasteiger partial charge in [-0.1, -0.05) is 27.7 Å². The minimum absolute atomic E-state index is 0.179. The fourth-order valence-electron chi connectivity index (χ4n) is 2.40. The van der Waals surface area contributed by atoms with Crippen LogP contribution in [0.25, 0.3) is 5.69 Å². The smallest absolute Gasteiger partial charge is 0.255 e. The molecule has 1 aromatic carbocycles. The highest BCUT2D eigenvalue weighted by Crippen LogP contribution is 2.34. The Morgan fingerprint density at radius 2 is 1.89 bits per heavy atom. The van der Waals surface area contributed by atoms with Crippen LogP contribution in [0.3, 0.4) is 0 Å². The van der Waals surface area contributed by atoms with E-state index in [9.17, 15) is 4.79 Å². The van der Waals surface area contributed by atoms with Crippen molar-refractivity contribution in [1.82, 2.24) is 14.9 Å². The number of nitrogens with one attached hydrogen (secondary N) is 1. The van der Waals surface area contributed by atoms with Gasteiger partial charge in [-0.25, -0.2) is 4.98 Å². The van der Waals surface area contributed by atoms with Crippen molar-refractivity contribution in [1.29, 1.82) is 0 Å². The van der Waals surface area contributed by atoms with Gasteiger partial charge in [0.1, 0.15) is 12.1 Å². The fourth-order valence-corrected chi connectivity index (χ4v) is 2.40. The Morgan fingerprint density at radius 1 is 1.22 bits per heavy atom. The van der Waals surface area contributed by atoms with E-state index in [1.54, 1.807) is 29.2 Å². The average molecular weight is 377 g/mol. The molecule has 1 amide bonds. The van der Waals surface area contributed by atoms with Gasteiger partial charge in [-0.15, -0.1) is 0 Å². The minimum atomic E-state index is -0.179. The fraction of sp³-hybridized carbons (Fsp3) is 0.500. The highest BCUT2D eigenvalue weighted by molar-refractivity contribution is 5.98. The molecule has 0 bridgehead atoms. The van der Waals surface area contributed by atoms with Gasteiger partial charge in [0.05, 0.1) is 31.7 Å². The van der Waals surface area contributed by atoms with Crippen molar-refractivity contribution in [3.63, 3.8) is 0 Å². The summed E-state index contributed by atoms with van der Waals surface area (Å²) in [5.41, 5.74) is 6.81. The van der Waals surface area contributed by atoms with Crippen molar-refractivity contribution in [2.24, 2.45) is 5.92 Å². The van der Waals surface area contributed by atoms with Gasteiger partial charge in [-0.3, -0.25) is 4.79 Å². The lowest BCUT2D eigenvalue weighted by Gasteiger charge is -2.15. The van der Waals surface area contributed by atoms with Crippen molar-refractivity contribution in [3.05, 3.63) is 30.2 Å². The van der Waals surface area contributed by atoms with Crippen LogP contribution in [-0.4, -0.2) is 36.2 Å². The van der Waals surface area contributed by atoms with E-state index in [0.29, 0.717) is 35.3 Å². The van der Waals surface area contributed by atoms with Crippen molar-refractivity contribution in [3.8, 4) is 17.2 Å². The lowest BCUT2D eigenvalue weighted by Crippen LogP contribution is -2.26. The summed E-state index contributed by atoms with van der Waals surface area (Å²) in [4.78, 5) is 16.5. The van der Waals surface area contributed by atoms with Crippen LogP contribution >= 0.6 is 0 Å². The van der Waals surface area contributed by atoms with Gasteiger partial charge in [-0.05, 0) is 24.8 Å². The molecule has 1 saturated carbocycles. The number of imidazole rings is 1. The SMILES string of the molecule is CC.CC.COc1cc(-n2cnc(N)c2)cc(C(=O)NCC2CC2)c1OC. The topological polar surface area (TPSA) is 91.4 Å². The Bertz CT molecular complexity index is 724. The van der Waals surface area contributed by atoms with E-state index in [0.717, 1.165) is 5.69 Å². The lowest BCUT2D eigenvalue weighted by atomic mass is 10.1. The van der Waals surface area contributed by atoms with Crippen molar-refractivity contribution in [2.45, 2.75) is 40.5 Å². The van der Waals surface area contributed by atoms with Crippen molar-refractivity contribution >= 4 is 11.7 Å². The Hall–Kier alpha value is -2.70. The van der Waals surface area contributed by atoms with Crippen LogP contribution in [0, 0.1) is 5.92 Å². The first-order valence-corrected chi connectivity index (χ1v) is 9.46. The molecule has 1 fully saturated rings. The molecule has 1 aromatic heterocycles. The number of nitrogen functional groups attached to an aromatic ring is 1. The third-order valence-electron chi connectivity index (χ3n) is 3.86. The van der Waals surface area contributed by atoms with E-state index in [2.05, 4.69) is 10.3 Å². The van der Waals surface area contributed by atoms with Crippen LogP contribution in [0.5, 0.6) is 11.5 Å². The molecule has 0 atom stereocenters. The predicted molar refractivity (Wildman–Crippen MR) is 109 cm³/mol. The summed E-state index contributed by atoms with van der Waals surface area (Å²) in [6.07, 6.45) is 5.61. The van der Waals surface area contributed by atoms with E-state index >= 15 is 0 Å². The molecule has 1 aliphatic rings. The van der Waals surface area contributed by atoms with E-state index in [1.807, 2.05) is 27.7 Å². The Balaban J connectivity index is 0.000000855. The molecule has 0 radical (unpaired) electrons. The number of aromatic nitrogens is 2. The van der Waals surface area contributed by atoms with Gasteiger partial charge in [0, 0.05) is 12.6 Å². The van der Waals surface area contributed by atoms with Gasteiger partial charge in [-0.2, -0.15) is 0 Å². The molecule has 7 nitrogen and oxygen atoms in total. The van der Waals surface area contributed by atoms with E-state index in [1.165, 1.54) is 27.1 Å². The maximum Gasteiger partial charge on any atom is 0.255 e. The van der Waals surface area contributed by atoms with Gasteiger partial charge in [0.25, 0.3) is 5.91 Å². The largest absolute Gasteiger partial charge is 0.493 e. The number of amides is 1. The second-order valence-electron chi connectivity index (χ2n) is 5.59. The number of anilines is 1. The van der Waals surface area contributed by atoms with Crippen LogP contribution in [0.4, 0.5) is 5.82 Å². The third-order valence-corrected chi connectivity index (χ3v) is 3.86. The lowest BCUT2D eigenvalue weighted by molar-refractivity contribution is 0.0948. The normalized spacial score (nSPS) is 12.1. The number of benzene rings is 1. The molecule has 0 saturated heterocycles. The molecule has 27 heavy (non-hydrogen) atoms. The van der Waals surface area contributed by atoms with Crippen molar-refractivity contribution < 1.29 is 14.3 Å². The second kappa shape index (κ2) is 11.1. The molecule has 1 heterocycles. The number of rotatable bonds is 6. The highest BCUT2D eigenvalue weighted by atomic mass is 16.5. The van der Waals surface area contributed by atoms with Crippen LogP contribution < -0.4 is 20.5 Å². The Kier molecular flexibility index (Phi) is 9.19. The quantitative estimate of drug-likeness (QED) is 0.803. The predicted octanol–water partition coefficient (Wildman–Crippen LogP) is 3.66. The molecule has 0 unspecified atom stereocenters. The molecule has 3 N–H and O–H groups in total. The molecule has 7 heteroatoms. The number of carbonyl (C=O) groups is 1. The van der Waals surface area contributed by atoms with E-state index < -0.39 is 0 Å². The van der Waals surface area contributed by atoms with E-state index in [-0.39, 0.29) is 5.91 Å². The summed E-state index contributed by atoms with van der Waals surface area (Å²) in [6.45, 7) is 8.69. The maximum atomic E-state index is 12.5. The number of carbonyl (C=O) groups excluding carboxylic acids is 1. The molecule has 150 valence electrons. The number of hydrogen-bond acceptors (Lipinski definition) is 5. The van der Waals surface area contributed by atoms with E-state index in [4.69, 9.17) is 15.2 Å². The number of methoxy groups -OCH3 is 2. The molecule has 1 aliphatic carbocycles. The summed E-state index contributed by atoms with van der Waals surface area (Å²) in [5.74, 6) is 1.72. The molecule has 0 spiro atoms. The molecular formula is C20H32N4O3. The zero-order chi connectivity index (χ0) is 20.4. The first-order chi connectivity index (χ1) is 13.1. The molecule has 0 aliphatic heterocycles. The summed E-state index contributed by atoms with van der Waals surface area (Å²) in [5, 5.41) is 2.95. The standard InChI is InChI=1S/C16H20N4O3.2C2H6/c1-22-13-6-11(20-8-14(17)19-9-20)5-12(15(13)23-2)16(21)18-7-10-3-4-10;2*1-2/h5-6,8-10H,3-4,7,17H2,1-2H3,(H,18,21);2*1-2H3. The van der Waals surface area contributed by atoms with Gasteiger partial charge in [0.2, 0.25) is 0 Å². The number of nitrogens with two attached hydrogens (primary N) is 1. The van der Waals surface area contributed by atoms with Crippen LogP contribution in [0.1, 0.15) is 50.9 Å². The second-order valence-corrected chi connectivity index (χ2v) is 5.59. The van der Waals surface area contributed by atoms with Gasteiger partial charge >= 0.3 is 0 Å². The zero-order valence-electron chi connectivity index (χ0n) is 17.2. The van der Waals surface area contributed by atoms with Crippen LogP contribution in [0.15, 0.2) is 24.7 Å². The first-order valence-electron chi connectivity index (χ1n) is 9.46. The molecular weight excluding hydrogens is 344 g/mol. The first kappa shape index (κ1) is 22.3.